The molecule has 0 fully saturated rings. The molecule has 0 amide bonds. The molecule has 0 spiro atoms. The number of hydrogen-bond acceptors (Lipinski definition) is 2. The third-order valence-corrected chi connectivity index (χ3v) is 10.3. The van der Waals surface area contributed by atoms with Gasteiger partial charge in [0, 0.05) is 25.5 Å². The molecule has 2 nitrogen and oxygen atoms in total. The van der Waals surface area contributed by atoms with E-state index in [0.717, 1.165) is 0 Å². The Bertz CT molecular complexity index is 572. The molecule has 0 aromatic heterocycles. The minimum atomic E-state index is 0.639. The fourth-order valence-electron chi connectivity index (χ4n) is 7.25. The molecule has 1 aliphatic rings. The number of hydrogen-bond donors (Lipinski definition) is 0. The molecule has 0 saturated heterocycles. The van der Waals surface area contributed by atoms with Crippen LogP contribution in [0, 0.1) is 0 Å². The summed E-state index contributed by atoms with van der Waals surface area (Å²) in [5.41, 5.74) is 0. The highest BCUT2D eigenvalue weighted by molar-refractivity contribution is 4.97. The smallest absolute Gasteiger partial charge is 0.101 e. The molecule has 262 valence electrons. The van der Waals surface area contributed by atoms with Gasteiger partial charge in [-0.25, -0.2) is 0 Å². The van der Waals surface area contributed by atoms with Gasteiger partial charge in [-0.05, 0) is 25.7 Å². The van der Waals surface area contributed by atoms with Gasteiger partial charge in [0.2, 0.25) is 0 Å². The van der Waals surface area contributed by atoms with Crippen molar-refractivity contribution in [2.75, 3.05) is 13.1 Å². The first-order valence-electron chi connectivity index (χ1n) is 21.0. The van der Waals surface area contributed by atoms with Gasteiger partial charge in [-0.2, -0.15) is 0 Å². The van der Waals surface area contributed by atoms with Crippen molar-refractivity contribution in [3.05, 3.63) is 12.4 Å². The van der Waals surface area contributed by atoms with E-state index < -0.39 is 0 Å². The van der Waals surface area contributed by atoms with Gasteiger partial charge in [0.25, 0.3) is 0 Å². The van der Waals surface area contributed by atoms with Crippen molar-refractivity contribution in [3.8, 4) is 0 Å². The van der Waals surface area contributed by atoms with Crippen molar-refractivity contribution in [2.45, 2.75) is 245 Å². The Morgan fingerprint density at radius 1 is 0.295 bits per heavy atom. The highest BCUT2D eigenvalue weighted by Crippen LogP contribution is 2.24. The molecule has 1 aliphatic heterocycles. The molecule has 0 aliphatic carbocycles. The summed E-state index contributed by atoms with van der Waals surface area (Å²) in [5.74, 6) is 0. The van der Waals surface area contributed by atoms with Crippen molar-refractivity contribution in [1.82, 2.24) is 9.80 Å². The van der Waals surface area contributed by atoms with Crippen LogP contribution in [0.5, 0.6) is 0 Å². The first kappa shape index (κ1) is 41.4. The van der Waals surface area contributed by atoms with E-state index in [2.05, 4.69) is 43.0 Å². The van der Waals surface area contributed by atoms with Crippen LogP contribution in [-0.2, 0) is 0 Å². The lowest BCUT2D eigenvalue weighted by Gasteiger charge is -2.33. The zero-order valence-corrected chi connectivity index (χ0v) is 31.1. The number of nitrogens with zero attached hydrogens (tertiary/aromatic N) is 2. The summed E-state index contributed by atoms with van der Waals surface area (Å²) in [4.78, 5) is 5.39. The second-order valence-electron chi connectivity index (χ2n) is 14.6. The molecular weight excluding hydrogens is 532 g/mol. The topological polar surface area (TPSA) is 6.48 Å². The van der Waals surface area contributed by atoms with E-state index in [1.807, 2.05) is 0 Å². The summed E-state index contributed by atoms with van der Waals surface area (Å²) in [6.45, 7) is 9.47. The SMILES string of the molecule is CCCCCCCCCCCCCCCCCCC1N(CCCCC)C=CN1CCCCCCCCCCCCCCCC. The predicted octanol–water partition coefficient (Wildman–Crippen LogP) is 14.7. The molecule has 1 heterocycles. The van der Waals surface area contributed by atoms with Gasteiger partial charge in [0.1, 0.15) is 6.17 Å². The molecular formula is C42H84N2. The van der Waals surface area contributed by atoms with Crippen LogP contribution < -0.4 is 0 Å². The normalized spacial score (nSPS) is 14.8. The molecule has 44 heavy (non-hydrogen) atoms. The molecule has 0 aromatic carbocycles. The fourth-order valence-corrected chi connectivity index (χ4v) is 7.25. The fraction of sp³-hybridized carbons (Fsp3) is 0.952. The van der Waals surface area contributed by atoms with Gasteiger partial charge >= 0.3 is 0 Å². The van der Waals surface area contributed by atoms with Crippen LogP contribution in [0.4, 0.5) is 0 Å². The molecule has 0 aromatic rings. The van der Waals surface area contributed by atoms with Crippen LogP contribution in [0.2, 0.25) is 0 Å². The molecule has 0 N–H and O–H groups in total. The molecule has 2 heteroatoms. The average molecular weight is 617 g/mol. The van der Waals surface area contributed by atoms with Crippen molar-refractivity contribution in [2.24, 2.45) is 0 Å². The number of unbranched alkanes of at least 4 members (excludes halogenated alkanes) is 30. The Kier molecular flexibility index (Phi) is 31.7. The lowest BCUT2D eigenvalue weighted by molar-refractivity contribution is 0.135. The maximum absolute atomic E-state index is 2.71. The zero-order chi connectivity index (χ0) is 31.6. The van der Waals surface area contributed by atoms with Gasteiger partial charge in [-0.1, -0.05) is 213 Å². The standard InChI is InChI=1S/C42H84N2/c1-4-7-10-12-14-16-18-20-22-23-24-26-28-30-32-34-37-42-43(38-35-9-6-3)40-41-44(42)39-36-33-31-29-27-25-21-19-17-15-13-11-8-5-2/h40-42H,4-39H2,1-3H3. The van der Waals surface area contributed by atoms with E-state index in [9.17, 15) is 0 Å². The second-order valence-corrected chi connectivity index (χ2v) is 14.6. The first-order valence-corrected chi connectivity index (χ1v) is 21.0. The molecule has 1 atom stereocenters. The molecule has 1 unspecified atom stereocenters. The minimum Gasteiger partial charge on any atom is -0.356 e. The summed E-state index contributed by atoms with van der Waals surface area (Å²) >= 11 is 0. The van der Waals surface area contributed by atoms with Gasteiger partial charge in [-0.15, -0.1) is 0 Å². The van der Waals surface area contributed by atoms with E-state index in [1.165, 1.54) is 231 Å². The Morgan fingerprint density at radius 2 is 0.523 bits per heavy atom. The largest absolute Gasteiger partial charge is 0.356 e. The van der Waals surface area contributed by atoms with Crippen LogP contribution in [0.25, 0.3) is 0 Å². The van der Waals surface area contributed by atoms with Crippen LogP contribution in [-0.4, -0.2) is 29.1 Å². The highest BCUT2D eigenvalue weighted by atomic mass is 15.4. The Labute approximate surface area is 280 Å². The summed E-state index contributed by atoms with van der Waals surface area (Å²) in [6, 6.07) is 0. The van der Waals surface area contributed by atoms with E-state index in [-0.39, 0.29) is 0 Å². The van der Waals surface area contributed by atoms with Crippen LogP contribution >= 0.6 is 0 Å². The van der Waals surface area contributed by atoms with Crippen molar-refractivity contribution in [1.29, 1.82) is 0 Å². The Morgan fingerprint density at radius 3 is 0.841 bits per heavy atom. The van der Waals surface area contributed by atoms with Crippen LogP contribution in [0.1, 0.15) is 239 Å². The second kappa shape index (κ2) is 33.7. The van der Waals surface area contributed by atoms with E-state index >= 15 is 0 Å². The maximum atomic E-state index is 2.71. The average Bonchev–Trinajstić information content (AvgIpc) is 3.42. The van der Waals surface area contributed by atoms with E-state index in [1.54, 1.807) is 0 Å². The zero-order valence-electron chi connectivity index (χ0n) is 31.1. The Hall–Kier alpha value is -0.660. The van der Waals surface area contributed by atoms with Crippen molar-refractivity contribution < 1.29 is 0 Å². The third kappa shape index (κ3) is 25.5. The maximum Gasteiger partial charge on any atom is 0.101 e. The highest BCUT2D eigenvalue weighted by Gasteiger charge is 2.24. The summed E-state index contributed by atoms with van der Waals surface area (Å²) in [6.07, 6.45) is 54.5. The van der Waals surface area contributed by atoms with E-state index in [4.69, 9.17) is 0 Å². The van der Waals surface area contributed by atoms with Crippen LogP contribution in [0.15, 0.2) is 12.4 Å². The molecule has 0 bridgehead atoms. The quantitative estimate of drug-likeness (QED) is 0.0646. The van der Waals surface area contributed by atoms with Crippen molar-refractivity contribution in [3.63, 3.8) is 0 Å². The number of rotatable bonds is 36. The summed E-state index contributed by atoms with van der Waals surface area (Å²) < 4.78 is 0. The monoisotopic (exact) mass is 617 g/mol. The van der Waals surface area contributed by atoms with E-state index in [0.29, 0.717) is 6.17 Å². The summed E-state index contributed by atoms with van der Waals surface area (Å²) in [5, 5.41) is 0. The van der Waals surface area contributed by atoms with Gasteiger partial charge in [-0.3, -0.25) is 0 Å². The molecule has 1 rings (SSSR count). The van der Waals surface area contributed by atoms with Gasteiger partial charge < -0.3 is 9.80 Å². The molecule has 0 saturated carbocycles. The minimum absolute atomic E-state index is 0.639. The van der Waals surface area contributed by atoms with Crippen molar-refractivity contribution >= 4 is 0 Å². The van der Waals surface area contributed by atoms with Crippen LogP contribution in [0.3, 0.4) is 0 Å². The lowest BCUT2D eigenvalue weighted by Crippen LogP contribution is -2.39. The lowest BCUT2D eigenvalue weighted by atomic mass is 10.0. The van der Waals surface area contributed by atoms with Gasteiger partial charge in [0.15, 0.2) is 0 Å². The summed E-state index contributed by atoms with van der Waals surface area (Å²) in [7, 11) is 0. The first-order chi connectivity index (χ1) is 21.8. The Balaban J connectivity index is 2.05. The van der Waals surface area contributed by atoms with Gasteiger partial charge in [0.05, 0.1) is 0 Å². The predicted molar refractivity (Wildman–Crippen MR) is 200 cm³/mol. The molecule has 0 radical (unpaired) electrons. The third-order valence-electron chi connectivity index (χ3n) is 10.3.